The van der Waals surface area contributed by atoms with Gasteiger partial charge < -0.3 is 4.57 Å². The Kier molecular flexibility index (Phi) is 3.01. The van der Waals surface area contributed by atoms with Gasteiger partial charge in [0.05, 0.1) is 17.6 Å². The summed E-state index contributed by atoms with van der Waals surface area (Å²) in [6, 6.07) is 8.12. The van der Waals surface area contributed by atoms with Gasteiger partial charge in [-0.2, -0.15) is 0 Å². The quantitative estimate of drug-likeness (QED) is 0.739. The third kappa shape index (κ3) is 2.00. The highest BCUT2D eigenvalue weighted by Crippen LogP contribution is 2.21. The molecule has 1 aromatic carbocycles. The summed E-state index contributed by atoms with van der Waals surface area (Å²) in [5.74, 6) is 1.06. The molecule has 0 atom stereocenters. The van der Waals surface area contributed by atoms with Crippen molar-refractivity contribution in [3.63, 3.8) is 0 Å². The first-order chi connectivity index (χ1) is 8.78. The van der Waals surface area contributed by atoms with E-state index in [1.54, 1.807) is 0 Å². The van der Waals surface area contributed by atoms with Crippen LogP contribution in [0.1, 0.15) is 17.8 Å². The zero-order chi connectivity index (χ0) is 12.5. The standard InChI is InChI=1S/C12H11ClN4S/c1-2-10-14-8-5-3-4-6-9(8)17(10)7-11-15-16-12(13)18-11/h3-6H,2,7H2,1H3. The summed E-state index contributed by atoms with van der Waals surface area (Å²) in [7, 11) is 0. The second-order valence-electron chi connectivity index (χ2n) is 3.91. The first kappa shape index (κ1) is 11.6. The third-order valence-electron chi connectivity index (χ3n) is 2.79. The number of benzene rings is 1. The Balaban J connectivity index is 2.09. The van der Waals surface area contributed by atoms with E-state index >= 15 is 0 Å². The van der Waals surface area contributed by atoms with E-state index in [9.17, 15) is 0 Å². The Hall–Kier alpha value is -1.46. The zero-order valence-electron chi connectivity index (χ0n) is 9.80. The number of fused-ring (bicyclic) bond motifs is 1. The van der Waals surface area contributed by atoms with Crippen LogP contribution in [0.25, 0.3) is 11.0 Å². The maximum Gasteiger partial charge on any atom is 0.207 e. The highest BCUT2D eigenvalue weighted by Gasteiger charge is 2.11. The second-order valence-corrected chi connectivity index (χ2v) is 5.55. The lowest BCUT2D eigenvalue weighted by molar-refractivity contribution is 0.740. The minimum atomic E-state index is 0.479. The van der Waals surface area contributed by atoms with Gasteiger partial charge in [0.25, 0.3) is 0 Å². The van der Waals surface area contributed by atoms with Crippen LogP contribution in [0.2, 0.25) is 4.47 Å². The van der Waals surface area contributed by atoms with Gasteiger partial charge in [-0.1, -0.05) is 30.4 Å². The van der Waals surface area contributed by atoms with Crippen LogP contribution in [0.3, 0.4) is 0 Å². The Labute approximate surface area is 113 Å². The summed E-state index contributed by atoms with van der Waals surface area (Å²) in [5.41, 5.74) is 2.14. The van der Waals surface area contributed by atoms with Gasteiger partial charge >= 0.3 is 0 Å². The Morgan fingerprint density at radius 3 is 2.83 bits per heavy atom. The molecule has 0 saturated heterocycles. The molecule has 0 aliphatic heterocycles. The maximum atomic E-state index is 5.81. The molecule has 0 aliphatic rings. The van der Waals surface area contributed by atoms with Crippen molar-refractivity contribution in [1.29, 1.82) is 0 Å². The lowest BCUT2D eigenvalue weighted by atomic mass is 10.3. The number of hydrogen-bond acceptors (Lipinski definition) is 4. The van der Waals surface area contributed by atoms with Crippen LogP contribution in [0, 0.1) is 0 Å². The van der Waals surface area contributed by atoms with Crippen molar-refractivity contribution in [1.82, 2.24) is 19.7 Å². The fraction of sp³-hybridized carbons (Fsp3) is 0.250. The Morgan fingerprint density at radius 2 is 2.11 bits per heavy atom. The van der Waals surface area contributed by atoms with Crippen LogP contribution in [0.5, 0.6) is 0 Å². The molecule has 0 amide bonds. The van der Waals surface area contributed by atoms with Gasteiger partial charge in [0.1, 0.15) is 10.8 Å². The fourth-order valence-electron chi connectivity index (χ4n) is 2.00. The summed E-state index contributed by atoms with van der Waals surface area (Å²) >= 11 is 7.22. The molecule has 0 saturated carbocycles. The topological polar surface area (TPSA) is 43.6 Å². The molecular weight excluding hydrogens is 268 g/mol. The molecule has 0 fully saturated rings. The normalized spacial score (nSPS) is 11.2. The molecule has 2 heterocycles. The van der Waals surface area contributed by atoms with Crippen molar-refractivity contribution in [3.8, 4) is 0 Å². The molecule has 6 heteroatoms. The van der Waals surface area contributed by atoms with Gasteiger partial charge in [0.15, 0.2) is 0 Å². The van der Waals surface area contributed by atoms with Gasteiger partial charge in [0.2, 0.25) is 4.47 Å². The average molecular weight is 279 g/mol. The van der Waals surface area contributed by atoms with Crippen molar-refractivity contribution in [2.45, 2.75) is 19.9 Å². The molecule has 0 bridgehead atoms. The number of rotatable bonds is 3. The minimum absolute atomic E-state index is 0.479. The van der Waals surface area contributed by atoms with Gasteiger partial charge in [-0.25, -0.2) is 4.98 Å². The molecule has 18 heavy (non-hydrogen) atoms. The summed E-state index contributed by atoms with van der Waals surface area (Å²) in [5, 5.41) is 8.79. The monoisotopic (exact) mass is 278 g/mol. The second kappa shape index (κ2) is 4.66. The van der Waals surface area contributed by atoms with E-state index in [2.05, 4.69) is 32.7 Å². The summed E-state index contributed by atoms with van der Waals surface area (Å²) in [6.45, 7) is 2.78. The summed E-state index contributed by atoms with van der Waals surface area (Å²) < 4.78 is 2.65. The molecule has 0 aliphatic carbocycles. The highest BCUT2D eigenvalue weighted by molar-refractivity contribution is 7.15. The van der Waals surface area contributed by atoms with E-state index in [-0.39, 0.29) is 0 Å². The van der Waals surface area contributed by atoms with Crippen molar-refractivity contribution in [2.75, 3.05) is 0 Å². The maximum absolute atomic E-state index is 5.81. The molecule has 2 aromatic heterocycles. The van der Waals surface area contributed by atoms with Crippen LogP contribution in [0.4, 0.5) is 0 Å². The SMILES string of the molecule is CCc1nc2ccccc2n1Cc1nnc(Cl)s1. The zero-order valence-corrected chi connectivity index (χ0v) is 11.4. The molecule has 0 N–H and O–H groups in total. The van der Waals surface area contributed by atoms with Crippen LogP contribution in [-0.2, 0) is 13.0 Å². The highest BCUT2D eigenvalue weighted by atomic mass is 35.5. The molecule has 0 spiro atoms. The van der Waals surface area contributed by atoms with E-state index in [0.29, 0.717) is 11.0 Å². The van der Waals surface area contributed by atoms with Gasteiger partial charge in [-0.05, 0) is 23.7 Å². The van der Waals surface area contributed by atoms with E-state index in [4.69, 9.17) is 11.6 Å². The number of para-hydroxylation sites is 2. The Morgan fingerprint density at radius 1 is 1.28 bits per heavy atom. The number of imidazole rings is 1. The number of hydrogen-bond donors (Lipinski definition) is 0. The van der Waals surface area contributed by atoms with E-state index in [1.165, 1.54) is 11.3 Å². The van der Waals surface area contributed by atoms with Gasteiger partial charge in [0, 0.05) is 6.42 Å². The van der Waals surface area contributed by atoms with Gasteiger partial charge in [-0.3, -0.25) is 0 Å². The molecule has 0 unspecified atom stereocenters. The predicted molar refractivity (Wildman–Crippen MR) is 73.1 cm³/mol. The lowest BCUT2D eigenvalue weighted by Gasteiger charge is -2.04. The molecule has 3 rings (SSSR count). The lowest BCUT2D eigenvalue weighted by Crippen LogP contribution is -2.04. The number of aryl methyl sites for hydroxylation is 1. The van der Waals surface area contributed by atoms with Crippen molar-refractivity contribution < 1.29 is 0 Å². The van der Waals surface area contributed by atoms with E-state index in [0.717, 1.165) is 28.3 Å². The van der Waals surface area contributed by atoms with E-state index < -0.39 is 0 Å². The average Bonchev–Trinajstić information content (AvgIpc) is 2.94. The third-order valence-corrected chi connectivity index (χ3v) is 3.79. The van der Waals surface area contributed by atoms with Crippen molar-refractivity contribution in [2.24, 2.45) is 0 Å². The molecule has 0 radical (unpaired) electrons. The predicted octanol–water partition coefficient (Wildman–Crippen LogP) is 3.15. The van der Waals surface area contributed by atoms with Crippen LogP contribution in [0.15, 0.2) is 24.3 Å². The molecule has 4 nitrogen and oxygen atoms in total. The summed E-state index contributed by atoms with van der Waals surface area (Å²) in [4.78, 5) is 4.62. The summed E-state index contributed by atoms with van der Waals surface area (Å²) in [6.07, 6.45) is 0.890. The van der Waals surface area contributed by atoms with Gasteiger partial charge in [-0.15, -0.1) is 10.2 Å². The van der Waals surface area contributed by atoms with Crippen molar-refractivity contribution >= 4 is 34.0 Å². The van der Waals surface area contributed by atoms with Crippen LogP contribution in [-0.4, -0.2) is 19.7 Å². The van der Waals surface area contributed by atoms with Crippen LogP contribution < -0.4 is 0 Å². The number of nitrogens with zero attached hydrogens (tertiary/aromatic N) is 4. The largest absolute Gasteiger partial charge is 0.321 e. The first-order valence-corrected chi connectivity index (χ1v) is 6.89. The number of halogens is 1. The van der Waals surface area contributed by atoms with Crippen molar-refractivity contribution in [3.05, 3.63) is 39.6 Å². The molecule has 92 valence electrons. The molecular formula is C12H11ClN4S. The number of aromatic nitrogens is 4. The Bertz CT molecular complexity index is 688. The van der Waals surface area contributed by atoms with Crippen LogP contribution >= 0.6 is 22.9 Å². The molecule has 3 aromatic rings. The first-order valence-electron chi connectivity index (χ1n) is 5.70. The minimum Gasteiger partial charge on any atom is -0.321 e. The van der Waals surface area contributed by atoms with E-state index in [1.807, 2.05) is 18.2 Å². The smallest absolute Gasteiger partial charge is 0.207 e. The fourth-order valence-corrected chi connectivity index (χ4v) is 2.86.